The zero-order valence-electron chi connectivity index (χ0n) is 12.9. The molecular formula is C17H18N4O2. The quantitative estimate of drug-likeness (QED) is 0.709. The number of para-hydroxylation sites is 1. The molecule has 0 saturated carbocycles. The van der Waals surface area contributed by atoms with Gasteiger partial charge >= 0.3 is 0 Å². The maximum Gasteiger partial charge on any atom is 0.287 e. The van der Waals surface area contributed by atoms with E-state index < -0.39 is 0 Å². The van der Waals surface area contributed by atoms with Gasteiger partial charge in [0.25, 0.3) is 5.56 Å². The number of pyridine rings is 1. The van der Waals surface area contributed by atoms with Crippen molar-refractivity contribution < 1.29 is 4.84 Å². The van der Waals surface area contributed by atoms with Crippen LogP contribution in [-0.2, 0) is 0 Å². The van der Waals surface area contributed by atoms with Crippen LogP contribution in [0.2, 0.25) is 0 Å². The number of aromatic nitrogens is 3. The molecular weight excluding hydrogens is 292 g/mol. The van der Waals surface area contributed by atoms with Crippen LogP contribution in [0.15, 0.2) is 53.7 Å². The molecule has 0 aliphatic rings. The van der Waals surface area contributed by atoms with E-state index in [0.29, 0.717) is 17.9 Å². The number of anilines is 2. The highest BCUT2D eigenvalue weighted by Crippen LogP contribution is 2.22. The van der Waals surface area contributed by atoms with E-state index >= 15 is 0 Å². The van der Waals surface area contributed by atoms with Crippen molar-refractivity contribution in [1.29, 1.82) is 0 Å². The summed E-state index contributed by atoms with van der Waals surface area (Å²) in [7, 11) is 0. The van der Waals surface area contributed by atoms with Gasteiger partial charge in [-0.25, -0.2) is 9.97 Å². The Morgan fingerprint density at radius 1 is 1.26 bits per heavy atom. The Kier molecular flexibility index (Phi) is 4.52. The van der Waals surface area contributed by atoms with Crippen LogP contribution in [0.1, 0.15) is 19.8 Å². The summed E-state index contributed by atoms with van der Waals surface area (Å²) >= 11 is 0. The van der Waals surface area contributed by atoms with Crippen LogP contribution in [-0.4, -0.2) is 21.3 Å². The smallest absolute Gasteiger partial charge is 0.287 e. The number of unbranched alkanes of at least 4 members (excludes halogenated alkanes) is 1. The van der Waals surface area contributed by atoms with E-state index in [4.69, 9.17) is 4.84 Å². The van der Waals surface area contributed by atoms with Gasteiger partial charge in [0.15, 0.2) is 5.65 Å². The van der Waals surface area contributed by atoms with Crippen molar-refractivity contribution in [2.24, 2.45) is 0 Å². The van der Waals surface area contributed by atoms with Gasteiger partial charge in [0, 0.05) is 18.0 Å². The fraction of sp³-hybridized carbons (Fsp3) is 0.235. The third-order valence-corrected chi connectivity index (χ3v) is 3.41. The first-order valence-corrected chi connectivity index (χ1v) is 7.60. The molecule has 23 heavy (non-hydrogen) atoms. The number of nitrogens with one attached hydrogen (secondary N) is 1. The molecule has 2 aromatic heterocycles. The molecule has 1 aromatic carbocycles. The monoisotopic (exact) mass is 310 g/mol. The van der Waals surface area contributed by atoms with Gasteiger partial charge in [-0.1, -0.05) is 31.5 Å². The van der Waals surface area contributed by atoms with Crippen LogP contribution in [0.5, 0.6) is 0 Å². The standard InChI is InChI=1S/C17H18N4O2/c1-2-3-9-23-21-16(22)10-15(14-11-18-12-19-17(14)21)20-13-7-5-4-6-8-13/h4-8,10-12,20H,2-3,9H2,1H3. The van der Waals surface area contributed by atoms with E-state index in [1.807, 2.05) is 30.3 Å². The summed E-state index contributed by atoms with van der Waals surface area (Å²) in [4.78, 5) is 26.2. The summed E-state index contributed by atoms with van der Waals surface area (Å²) in [6, 6.07) is 11.2. The normalized spacial score (nSPS) is 10.7. The third-order valence-electron chi connectivity index (χ3n) is 3.41. The lowest BCUT2D eigenvalue weighted by Gasteiger charge is -2.13. The molecule has 118 valence electrons. The number of fused-ring (bicyclic) bond motifs is 1. The summed E-state index contributed by atoms with van der Waals surface area (Å²) in [6.45, 7) is 2.54. The van der Waals surface area contributed by atoms with Crippen molar-refractivity contribution in [3.63, 3.8) is 0 Å². The Hall–Kier alpha value is -2.89. The summed E-state index contributed by atoms with van der Waals surface area (Å²) in [5.41, 5.74) is 1.75. The molecule has 0 amide bonds. The minimum Gasteiger partial charge on any atom is -0.409 e. The van der Waals surface area contributed by atoms with Gasteiger partial charge in [-0.3, -0.25) is 4.79 Å². The lowest BCUT2D eigenvalue weighted by atomic mass is 10.2. The lowest BCUT2D eigenvalue weighted by Crippen LogP contribution is -2.28. The number of nitrogens with zero attached hydrogens (tertiary/aromatic N) is 3. The first kappa shape index (κ1) is 15.0. The average molecular weight is 310 g/mol. The second-order valence-electron chi connectivity index (χ2n) is 5.13. The fourth-order valence-electron chi connectivity index (χ4n) is 2.24. The first-order valence-electron chi connectivity index (χ1n) is 7.60. The number of hydrogen-bond donors (Lipinski definition) is 1. The summed E-state index contributed by atoms with van der Waals surface area (Å²) in [5.74, 6) is 0. The van der Waals surface area contributed by atoms with Crippen molar-refractivity contribution in [2.45, 2.75) is 19.8 Å². The van der Waals surface area contributed by atoms with Crippen LogP contribution < -0.4 is 15.7 Å². The molecule has 0 atom stereocenters. The third kappa shape index (κ3) is 3.31. The van der Waals surface area contributed by atoms with Crippen molar-refractivity contribution >= 4 is 22.4 Å². The molecule has 0 fully saturated rings. The first-order chi connectivity index (χ1) is 11.3. The fourth-order valence-corrected chi connectivity index (χ4v) is 2.24. The molecule has 0 saturated heterocycles. The molecule has 0 spiro atoms. The van der Waals surface area contributed by atoms with Crippen molar-refractivity contribution in [2.75, 3.05) is 11.9 Å². The van der Waals surface area contributed by atoms with Crippen LogP contribution in [0.3, 0.4) is 0 Å². The highest BCUT2D eigenvalue weighted by molar-refractivity contribution is 5.90. The van der Waals surface area contributed by atoms with Crippen LogP contribution in [0, 0.1) is 0 Å². The Morgan fingerprint density at radius 2 is 2.09 bits per heavy atom. The predicted molar refractivity (Wildman–Crippen MR) is 89.9 cm³/mol. The lowest BCUT2D eigenvalue weighted by molar-refractivity contribution is 0.108. The maximum absolute atomic E-state index is 12.4. The van der Waals surface area contributed by atoms with Crippen LogP contribution in [0.4, 0.5) is 11.4 Å². The molecule has 2 heterocycles. The molecule has 0 unspecified atom stereocenters. The van der Waals surface area contributed by atoms with E-state index in [1.54, 1.807) is 6.20 Å². The zero-order valence-corrected chi connectivity index (χ0v) is 12.9. The second-order valence-corrected chi connectivity index (χ2v) is 5.13. The van der Waals surface area contributed by atoms with Gasteiger partial charge in [-0.2, -0.15) is 0 Å². The molecule has 6 nitrogen and oxygen atoms in total. The largest absolute Gasteiger partial charge is 0.409 e. The number of hydrogen-bond acceptors (Lipinski definition) is 5. The molecule has 0 radical (unpaired) electrons. The van der Waals surface area contributed by atoms with Crippen molar-refractivity contribution in [3.05, 3.63) is 59.3 Å². The number of rotatable bonds is 6. The van der Waals surface area contributed by atoms with Gasteiger partial charge in [-0.15, -0.1) is 4.73 Å². The molecule has 6 heteroatoms. The Labute approximate surface area is 133 Å². The Bertz CT molecular complexity index is 846. The Balaban J connectivity index is 2.03. The van der Waals surface area contributed by atoms with Gasteiger partial charge in [0.05, 0.1) is 11.1 Å². The molecule has 0 aliphatic carbocycles. The predicted octanol–water partition coefficient (Wildman–Crippen LogP) is 2.76. The van der Waals surface area contributed by atoms with E-state index in [9.17, 15) is 4.79 Å². The van der Waals surface area contributed by atoms with E-state index in [-0.39, 0.29) is 5.56 Å². The molecule has 3 aromatic rings. The molecule has 0 aliphatic heterocycles. The SMILES string of the molecule is CCCCOn1c(=O)cc(Nc2ccccc2)c2cncnc21. The minimum atomic E-state index is -0.259. The van der Waals surface area contributed by atoms with Gasteiger partial charge in [-0.05, 0) is 18.6 Å². The van der Waals surface area contributed by atoms with E-state index in [2.05, 4.69) is 22.2 Å². The summed E-state index contributed by atoms with van der Waals surface area (Å²) < 4.78 is 1.24. The summed E-state index contributed by atoms with van der Waals surface area (Å²) in [5, 5.41) is 3.96. The molecule has 1 N–H and O–H groups in total. The average Bonchev–Trinajstić information content (AvgIpc) is 2.58. The highest BCUT2D eigenvalue weighted by Gasteiger charge is 2.11. The topological polar surface area (TPSA) is 69.0 Å². The van der Waals surface area contributed by atoms with E-state index in [1.165, 1.54) is 17.1 Å². The highest BCUT2D eigenvalue weighted by atomic mass is 16.7. The van der Waals surface area contributed by atoms with Crippen molar-refractivity contribution in [3.8, 4) is 0 Å². The van der Waals surface area contributed by atoms with Gasteiger partial charge < -0.3 is 10.2 Å². The Morgan fingerprint density at radius 3 is 2.87 bits per heavy atom. The summed E-state index contributed by atoms with van der Waals surface area (Å²) in [6.07, 6.45) is 4.96. The van der Waals surface area contributed by atoms with Gasteiger partial charge in [0.2, 0.25) is 0 Å². The molecule has 3 rings (SSSR count). The second kappa shape index (κ2) is 6.91. The molecule has 0 bridgehead atoms. The van der Waals surface area contributed by atoms with Crippen LogP contribution in [0.25, 0.3) is 11.0 Å². The van der Waals surface area contributed by atoms with Gasteiger partial charge in [0.1, 0.15) is 12.9 Å². The maximum atomic E-state index is 12.4. The zero-order chi connectivity index (χ0) is 16.1. The van der Waals surface area contributed by atoms with E-state index in [0.717, 1.165) is 23.9 Å². The minimum absolute atomic E-state index is 0.259. The van der Waals surface area contributed by atoms with Crippen molar-refractivity contribution in [1.82, 2.24) is 14.7 Å². The number of benzene rings is 1. The van der Waals surface area contributed by atoms with Crippen LogP contribution >= 0.6 is 0 Å².